The number of nitrogens with zero attached hydrogens (tertiary/aromatic N) is 3. The van der Waals surface area contributed by atoms with Gasteiger partial charge in [-0.15, -0.1) is 4.28 Å². The van der Waals surface area contributed by atoms with Gasteiger partial charge < -0.3 is 15.1 Å². The highest BCUT2D eigenvalue weighted by Crippen LogP contribution is 2.31. The first-order valence-corrected chi connectivity index (χ1v) is 9.39. The standard InChI is InChI=1S/C13H21N5O6S/c1-8(19)16-5-4-9(6-16)15-12(14)11-3-2-10-7-17(11)13(20)18(10)24-25(21,22)23/h9-11H,2-7H2,1H3,(H2,14,15)(H,21,22,23)/t9-,10-,11+/m1/s1. The Bertz CT molecular complexity index is 697. The number of hydrogen-bond acceptors (Lipinski definition) is 6. The first-order chi connectivity index (χ1) is 11.7. The molecule has 0 aromatic rings. The van der Waals surface area contributed by atoms with Gasteiger partial charge in [0.05, 0.1) is 12.1 Å². The topological polar surface area (TPSA) is 143 Å². The monoisotopic (exact) mass is 375 g/mol. The lowest BCUT2D eigenvalue weighted by Crippen LogP contribution is -2.52. The fourth-order valence-electron chi connectivity index (χ4n) is 3.61. The minimum Gasteiger partial charge on any atom is -0.368 e. The molecule has 3 aliphatic heterocycles. The van der Waals surface area contributed by atoms with Crippen molar-refractivity contribution in [1.29, 1.82) is 5.41 Å². The van der Waals surface area contributed by atoms with Gasteiger partial charge in [-0.1, -0.05) is 0 Å². The van der Waals surface area contributed by atoms with Gasteiger partial charge in [-0.25, -0.2) is 4.79 Å². The molecule has 3 fully saturated rings. The zero-order chi connectivity index (χ0) is 18.4. The number of carbonyl (C=O) groups excluding carboxylic acids is 2. The van der Waals surface area contributed by atoms with Crippen LogP contribution in [0.25, 0.3) is 0 Å². The minimum absolute atomic E-state index is 0.0101. The molecule has 0 radical (unpaired) electrons. The van der Waals surface area contributed by atoms with E-state index in [9.17, 15) is 18.0 Å². The van der Waals surface area contributed by atoms with Gasteiger partial charge in [0.2, 0.25) is 5.91 Å². The number of hydroxylamine groups is 2. The van der Waals surface area contributed by atoms with E-state index < -0.39 is 28.5 Å². The second-order valence-electron chi connectivity index (χ2n) is 6.52. The van der Waals surface area contributed by atoms with E-state index >= 15 is 0 Å². The molecule has 2 bridgehead atoms. The van der Waals surface area contributed by atoms with Crippen LogP contribution in [0, 0.1) is 5.41 Å². The lowest BCUT2D eigenvalue weighted by Gasteiger charge is -2.32. The average Bonchev–Trinajstić information content (AvgIpc) is 3.06. The van der Waals surface area contributed by atoms with Gasteiger partial charge >= 0.3 is 16.4 Å². The predicted molar refractivity (Wildman–Crippen MR) is 84.9 cm³/mol. The number of hydrogen-bond donors (Lipinski definition) is 3. The maximum atomic E-state index is 12.3. The van der Waals surface area contributed by atoms with Crippen LogP contribution in [-0.4, -0.2) is 83.4 Å². The zero-order valence-electron chi connectivity index (χ0n) is 13.7. The Morgan fingerprint density at radius 3 is 2.64 bits per heavy atom. The smallest absolute Gasteiger partial charge is 0.368 e. The molecule has 3 saturated heterocycles. The summed E-state index contributed by atoms with van der Waals surface area (Å²) in [4.78, 5) is 26.8. The minimum atomic E-state index is -4.78. The molecule has 0 unspecified atom stereocenters. The Morgan fingerprint density at radius 1 is 1.32 bits per heavy atom. The van der Waals surface area contributed by atoms with Gasteiger partial charge in [0.25, 0.3) is 0 Å². The van der Waals surface area contributed by atoms with Crippen LogP contribution < -0.4 is 5.32 Å². The molecule has 3 heterocycles. The SMILES string of the molecule is CC(=O)N1CC[C@@H](NC(=N)[C@@H]2CC[C@@H]3CN2C(=O)N3OS(=O)(=O)O)C1. The van der Waals surface area contributed by atoms with Crippen molar-refractivity contribution in [3.63, 3.8) is 0 Å². The van der Waals surface area contributed by atoms with Gasteiger partial charge in [-0.2, -0.15) is 13.5 Å². The number of amidine groups is 1. The number of rotatable bonds is 4. The van der Waals surface area contributed by atoms with Crippen molar-refractivity contribution >= 4 is 28.2 Å². The van der Waals surface area contributed by atoms with Crippen LogP contribution in [0.2, 0.25) is 0 Å². The van der Waals surface area contributed by atoms with E-state index in [2.05, 4.69) is 9.60 Å². The number of amides is 3. The molecular weight excluding hydrogens is 354 g/mol. The molecule has 0 spiro atoms. The van der Waals surface area contributed by atoms with E-state index in [1.165, 1.54) is 11.8 Å². The summed E-state index contributed by atoms with van der Waals surface area (Å²) in [6.07, 6.45) is 1.66. The molecule has 25 heavy (non-hydrogen) atoms. The molecule has 0 saturated carbocycles. The molecule has 0 aliphatic carbocycles. The third kappa shape index (κ3) is 3.70. The predicted octanol–water partition coefficient (Wildman–Crippen LogP) is -0.823. The van der Waals surface area contributed by atoms with Gasteiger partial charge in [-0.3, -0.25) is 14.8 Å². The Labute approximate surface area is 145 Å². The van der Waals surface area contributed by atoms with Gasteiger partial charge in [0.15, 0.2) is 0 Å². The summed E-state index contributed by atoms with van der Waals surface area (Å²) in [5, 5.41) is 12.0. The summed E-state index contributed by atoms with van der Waals surface area (Å²) >= 11 is 0. The number of carbonyl (C=O) groups is 2. The summed E-state index contributed by atoms with van der Waals surface area (Å²) in [5.41, 5.74) is 0. The van der Waals surface area contributed by atoms with Crippen LogP contribution in [0.4, 0.5) is 4.79 Å². The highest BCUT2D eigenvalue weighted by Gasteiger charge is 2.48. The molecule has 12 heteroatoms. The first kappa shape index (κ1) is 17.9. The van der Waals surface area contributed by atoms with Crippen molar-refractivity contribution < 1.29 is 26.8 Å². The second-order valence-corrected chi connectivity index (χ2v) is 7.52. The molecule has 3 amide bonds. The molecule has 11 nitrogen and oxygen atoms in total. The van der Waals surface area contributed by atoms with E-state index in [-0.39, 0.29) is 24.3 Å². The van der Waals surface area contributed by atoms with Gasteiger partial charge in [0, 0.05) is 32.6 Å². The summed E-state index contributed by atoms with van der Waals surface area (Å²) in [5.74, 6) is 0.153. The van der Waals surface area contributed by atoms with Crippen LogP contribution in [0.3, 0.4) is 0 Å². The summed E-state index contributed by atoms with van der Waals surface area (Å²) in [6, 6.07) is -1.71. The molecule has 3 atom stereocenters. The van der Waals surface area contributed by atoms with Crippen LogP contribution in [-0.2, 0) is 19.5 Å². The average molecular weight is 375 g/mol. The van der Waals surface area contributed by atoms with Crippen LogP contribution in [0.15, 0.2) is 0 Å². The Balaban J connectivity index is 1.62. The largest absolute Gasteiger partial charge is 0.418 e. The number of nitrogens with one attached hydrogen (secondary N) is 2. The Kier molecular flexibility index (Phi) is 4.60. The zero-order valence-corrected chi connectivity index (χ0v) is 14.5. The van der Waals surface area contributed by atoms with Crippen molar-refractivity contribution in [2.45, 2.75) is 44.3 Å². The number of urea groups is 1. The molecule has 140 valence electrons. The molecule has 3 aliphatic rings. The van der Waals surface area contributed by atoms with E-state index in [0.29, 0.717) is 31.0 Å². The molecule has 0 aromatic carbocycles. The lowest BCUT2D eigenvalue weighted by atomic mass is 9.99. The molecule has 3 rings (SSSR count). The third-order valence-corrected chi connectivity index (χ3v) is 5.17. The maximum Gasteiger partial charge on any atom is 0.418 e. The highest BCUT2D eigenvalue weighted by molar-refractivity contribution is 7.80. The summed E-state index contributed by atoms with van der Waals surface area (Å²) in [7, 11) is -4.78. The van der Waals surface area contributed by atoms with Crippen molar-refractivity contribution in [2.24, 2.45) is 0 Å². The summed E-state index contributed by atoms with van der Waals surface area (Å²) < 4.78 is 34.9. The first-order valence-electron chi connectivity index (χ1n) is 8.03. The van der Waals surface area contributed by atoms with Crippen LogP contribution in [0.5, 0.6) is 0 Å². The van der Waals surface area contributed by atoms with Gasteiger partial charge in [-0.05, 0) is 19.3 Å². The fraction of sp³-hybridized carbons (Fsp3) is 0.769. The Morgan fingerprint density at radius 2 is 2.04 bits per heavy atom. The van der Waals surface area contributed by atoms with Crippen molar-refractivity contribution in [1.82, 2.24) is 20.2 Å². The molecule has 3 N–H and O–H groups in total. The number of likely N-dealkylation sites (tertiary alicyclic amines) is 1. The number of piperidine rings is 1. The van der Waals surface area contributed by atoms with E-state index in [4.69, 9.17) is 9.96 Å². The second kappa shape index (κ2) is 6.42. The van der Waals surface area contributed by atoms with Gasteiger partial charge in [0.1, 0.15) is 5.84 Å². The normalized spacial score (nSPS) is 29.3. The fourth-order valence-corrected chi connectivity index (χ4v) is 4.00. The highest BCUT2D eigenvalue weighted by atomic mass is 32.3. The number of fused-ring (bicyclic) bond motifs is 2. The van der Waals surface area contributed by atoms with Crippen molar-refractivity contribution in [2.75, 3.05) is 19.6 Å². The van der Waals surface area contributed by atoms with E-state index in [1.807, 2.05) is 0 Å². The van der Waals surface area contributed by atoms with E-state index in [0.717, 1.165) is 6.42 Å². The lowest BCUT2D eigenvalue weighted by molar-refractivity contribution is -0.127. The summed E-state index contributed by atoms with van der Waals surface area (Å²) in [6.45, 7) is 2.87. The molecular formula is C13H21N5O6S. The Hall–Kier alpha value is -1.92. The quantitative estimate of drug-likeness (QED) is 0.331. The van der Waals surface area contributed by atoms with Crippen molar-refractivity contribution in [3.8, 4) is 0 Å². The van der Waals surface area contributed by atoms with Crippen molar-refractivity contribution in [3.05, 3.63) is 0 Å². The molecule has 0 aromatic heterocycles. The van der Waals surface area contributed by atoms with E-state index in [1.54, 1.807) is 4.90 Å². The third-order valence-electron chi connectivity index (χ3n) is 4.82. The van der Waals surface area contributed by atoms with Crippen LogP contribution >= 0.6 is 0 Å². The van der Waals surface area contributed by atoms with Crippen LogP contribution in [0.1, 0.15) is 26.2 Å². The maximum absolute atomic E-state index is 12.3.